The average molecular weight is 281 g/mol. The van der Waals surface area contributed by atoms with Crippen LogP contribution in [-0.2, 0) is 6.54 Å². The predicted molar refractivity (Wildman–Crippen MR) is 67.0 cm³/mol. The summed E-state index contributed by atoms with van der Waals surface area (Å²) in [4.78, 5) is 10.9. The van der Waals surface area contributed by atoms with Gasteiger partial charge in [-0.15, -0.1) is 0 Å². The molecule has 2 aromatic carbocycles. The van der Waals surface area contributed by atoms with Gasteiger partial charge in [0.05, 0.1) is 5.69 Å². The van der Waals surface area contributed by atoms with E-state index in [1.54, 1.807) is 30.3 Å². The topological polar surface area (TPSA) is 49.3 Å². The van der Waals surface area contributed by atoms with Crippen LogP contribution in [0.5, 0.6) is 0 Å². The molecule has 2 aromatic rings. The van der Waals surface area contributed by atoms with E-state index in [2.05, 4.69) is 5.32 Å². The van der Waals surface area contributed by atoms with Gasteiger partial charge in [-0.2, -0.15) is 0 Å². The van der Waals surface area contributed by atoms with Gasteiger partial charge in [0.25, 0.3) is 0 Å². The fourth-order valence-corrected chi connectivity index (χ4v) is 1.76. The molecule has 0 saturated carbocycles. The molecule has 104 valence electrons. The molecule has 0 aliphatic rings. The van der Waals surface area contributed by atoms with Crippen molar-refractivity contribution in [3.05, 3.63) is 65.0 Å². The first-order chi connectivity index (χ1) is 9.50. The molecule has 20 heavy (non-hydrogen) atoms. The molecule has 2 N–H and O–H groups in total. The van der Waals surface area contributed by atoms with E-state index in [0.717, 1.165) is 0 Å². The number of aromatic carboxylic acids is 1. The molecule has 0 bridgehead atoms. The Morgan fingerprint density at radius 3 is 2.35 bits per heavy atom. The summed E-state index contributed by atoms with van der Waals surface area (Å²) in [5, 5.41) is 11.3. The van der Waals surface area contributed by atoms with Crippen molar-refractivity contribution in [1.82, 2.24) is 0 Å². The third kappa shape index (κ3) is 2.74. The molecule has 0 saturated heterocycles. The van der Waals surface area contributed by atoms with Crippen molar-refractivity contribution in [3.63, 3.8) is 0 Å². The SMILES string of the molecule is O=C(O)c1c(F)cc(F)c(F)c1NCc1ccccc1. The number of carbonyl (C=O) groups is 1. The second-order valence-corrected chi connectivity index (χ2v) is 4.05. The van der Waals surface area contributed by atoms with Crippen molar-refractivity contribution in [2.45, 2.75) is 6.54 Å². The maximum Gasteiger partial charge on any atom is 0.340 e. The Balaban J connectivity index is 2.37. The first kappa shape index (κ1) is 13.9. The number of hydrogen-bond donors (Lipinski definition) is 2. The minimum atomic E-state index is -1.67. The molecule has 0 fully saturated rings. The van der Waals surface area contributed by atoms with Gasteiger partial charge in [0.15, 0.2) is 11.6 Å². The Morgan fingerprint density at radius 2 is 1.75 bits per heavy atom. The monoisotopic (exact) mass is 281 g/mol. The molecule has 3 nitrogen and oxygen atoms in total. The number of halogens is 3. The second-order valence-electron chi connectivity index (χ2n) is 4.05. The summed E-state index contributed by atoms with van der Waals surface area (Å²) in [5.74, 6) is -5.85. The molecular weight excluding hydrogens is 271 g/mol. The number of nitrogens with one attached hydrogen (secondary N) is 1. The fourth-order valence-electron chi connectivity index (χ4n) is 1.76. The zero-order chi connectivity index (χ0) is 14.7. The van der Waals surface area contributed by atoms with E-state index in [-0.39, 0.29) is 12.6 Å². The lowest BCUT2D eigenvalue weighted by molar-refractivity contribution is 0.0692. The fraction of sp³-hybridized carbons (Fsp3) is 0.0714. The van der Waals surface area contributed by atoms with Crippen molar-refractivity contribution in [2.75, 3.05) is 5.32 Å². The number of benzene rings is 2. The van der Waals surface area contributed by atoms with Gasteiger partial charge >= 0.3 is 5.97 Å². The molecule has 0 radical (unpaired) electrons. The van der Waals surface area contributed by atoms with E-state index in [1.807, 2.05) is 0 Å². The second kappa shape index (κ2) is 5.64. The molecule has 6 heteroatoms. The maximum atomic E-state index is 13.6. The van der Waals surface area contributed by atoms with Crippen molar-refractivity contribution in [3.8, 4) is 0 Å². The highest BCUT2D eigenvalue weighted by Gasteiger charge is 2.23. The summed E-state index contributed by atoms with van der Waals surface area (Å²) in [6.45, 7) is 0.0426. The summed E-state index contributed by atoms with van der Waals surface area (Å²) in [5.41, 5.74) is -0.897. The van der Waals surface area contributed by atoms with Crippen molar-refractivity contribution < 1.29 is 23.1 Å². The van der Waals surface area contributed by atoms with Gasteiger partial charge in [-0.25, -0.2) is 18.0 Å². The summed E-state index contributed by atoms with van der Waals surface area (Å²) in [6, 6.07) is 8.87. The smallest absolute Gasteiger partial charge is 0.340 e. The van der Waals surface area contributed by atoms with Crippen LogP contribution in [-0.4, -0.2) is 11.1 Å². The normalized spacial score (nSPS) is 10.3. The van der Waals surface area contributed by atoms with Gasteiger partial charge < -0.3 is 10.4 Å². The lowest BCUT2D eigenvalue weighted by Crippen LogP contribution is -2.12. The third-order valence-corrected chi connectivity index (χ3v) is 2.70. The zero-order valence-electron chi connectivity index (χ0n) is 10.2. The lowest BCUT2D eigenvalue weighted by atomic mass is 10.1. The molecule has 0 amide bonds. The van der Waals surface area contributed by atoms with E-state index < -0.39 is 34.7 Å². The molecule has 0 aliphatic heterocycles. The van der Waals surface area contributed by atoms with Crippen LogP contribution in [0.1, 0.15) is 15.9 Å². The number of anilines is 1. The van der Waals surface area contributed by atoms with Gasteiger partial charge in [-0.05, 0) is 5.56 Å². The summed E-state index contributed by atoms with van der Waals surface area (Å²) in [6.07, 6.45) is 0. The summed E-state index contributed by atoms with van der Waals surface area (Å²) < 4.78 is 40.2. The molecule has 0 aliphatic carbocycles. The van der Waals surface area contributed by atoms with Crippen LogP contribution >= 0.6 is 0 Å². The minimum Gasteiger partial charge on any atom is -0.478 e. The number of carboxylic acids is 1. The van der Waals surface area contributed by atoms with Gasteiger partial charge in [-0.1, -0.05) is 30.3 Å². The lowest BCUT2D eigenvalue weighted by Gasteiger charge is -2.12. The largest absolute Gasteiger partial charge is 0.478 e. The summed E-state index contributed by atoms with van der Waals surface area (Å²) >= 11 is 0. The molecule has 0 atom stereocenters. The third-order valence-electron chi connectivity index (χ3n) is 2.70. The molecule has 0 unspecified atom stereocenters. The number of rotatable bonds is 4. The van der Waals surface area contributed by atoms with Crippen LogP contribution < -0.4 is 5.32 Å². The van der Waals surface area contributed by atoms with Crippen LogP contribution in [0, 0.1) is 17.5 Å². The first-order valence-electron chi connectivity index (χ1n) is 5.69. The average Bonchev–Trinajstić information content (AvgIpc) is 2.41. The van der Waals surface area contributed by atoms with Gasteiger partial charge in [0.1, 0.15) is 11.4 Å². The molecule has 0 heterocycles. The van der Waals surface area contributed by atoms with Crippen LogP contribution in [0.3, 0.4) is 0 Å². The number of carboxylic acid groups (broad SMARTS) is 1. The Hall–Kier alpha value is -2.50. The van der Waals surface area contributed by atoms with Crippen molar-refractivity contribution >= 4 is 11.7 Å². The van der Waals surface area contributed by atoms with E-state index in [0.29, 0.717) is 5.56 Å². The molecule has 2 rings (SSSR count). The quantitative estimate of drug-likeness (QED) is 0.844. The Morgan fingerprint density at radius 1 is 1.10 bits per heavy atom. The Kier molecular flexibility index (Phi) is 3.93. The Bertz CT molecular complexity index is 645. The predicted octanol–water partition coefficient (Wildman–Crippen LogP) is 3.41. The van der Waals surface area contributed by atoms with Crippen LogP contribution in [0.4, 0.5) is 18.9 Å². The minimum absolute atomic E-state index is 0.0426. The standard InChI is InChI=1S/C14H10F3NO2/c15-9-6-10(16)12(17)13(11(9)14(19)20)18-7-8-4-2-1-3-5-8/h1-6,18H,7H2,(H,19,20). The van der Waals surface area contributed by atoms with Gasteiger partial charge in [0.2, 0.25) is 0 Å². The molecule has 0 spiro atoms. The maximum absolute atomic E-state index is 13.6. The van der Waals surface area contributed by atoms with E-state index >= 15 is 0 Å². The zero-order valence-corrected chi connectivity index (χ0v) is 10.2. The highest BCUT2D eigenvalue weighted by atomic mass is 19.2. The summed E-state index contributed by atoms with van der Waals surface area (Å²) in [7, 11) is 0. The molecular formula is C14H10F3NO2. The van der Waals surface area contributed by atoms with Crippen LogP contribution in [0.25, 0.3) is 0 Å². The van der Waals surface area contributed by atoms with E-state index in [4.69, 9.17) is 5.11 Å². The highest BCUT2D eigenvalue weighted by Crippen LogP contribution is 2.26. The first-order valence-corrected chi connectivity index (χ1v) is 5.69. The van der Waals surface area contributed by atoms with Gasteiger partial charge in [-0.3, -0.25) is 0 Å². The van der Waals surface area contributed by atoms with Crippen molar-refractivity contribution in [1.29, 1.82) is 0 Å². The van der Waals surface area contributed by atoms with Gasteiger partial charge in [0, 0.05) is 12.6 Å². The van der Waals surface area contributed by atoms with Crippen LogP contribution in [0.2, 0.25) is 0 Å². The Labute approximate surface area is 112 Å². The van der Waals surface area contributed by atoms with Crippen LogP contribution in [0.15, 0.2) is 36.4 Å². The van der Waals surface area contributed by atoms with E-state index in [1.165, 1.54) is 0 Å². The molecule has 0 aromatic heterocycles. The van der Waals surface area contributed by atoms with E-state index in [9.17, 15) is 18.0 Å². The highest BCUT2D eigenvalue weighted by molar-refractivity contribution is 5.94. The number of hydrogen-bond acceptors (Lipinski definition) is 2. The van der Waals surface area contributed by atoms with Crippen molar-refractivity contribution in [2.24, 2.45) is 0 Å².